The summed E-state index contributed by atoms with van der Waals surface area (Å²) < 4.78 is 9.59. The molecule has 0 fully saturated rings. The first-order valence-electron chi connectivity index (χ1n) is 11.9. The van der Waals surface area contributed by atoms with Crippen molar-refractivity contribution in [3.05, 3.63) is 221 Å². The molecule has 0 aromatic carbocycles. The van der Waals surface area contributed by atoms with Crippen molar-refractivity contribution in [3.8, 4) is 0 Å². The number of esters is 2. The van der Waals surface area contributed by atoms with E-state index in [9.17, 15) is 9.59 Å². The molecule has 0 aromatic rings. The van der Waals surface area contributed by atoms with E-state index in [1.54, 1.807) is 0 Å². The van der Waals surface area contributed by atoms with Crippen molar-refractivity contribution in [2.24, 2.45) is 0 Å². The molecule has 0 aliphatic carbocycles. The van der Waals surface area contributed by atoms with Crippen LogP contribution >= 0.6 is 0 Å². The third-order valence-electron chi connectivity index (χ3n) is 3.16. The summed E-state index contributed by atoms with van der Waals surface area (Å²) in [5.41, 5.74) is 77.9. The molecule has 0 heterocycles. The lowest BCUT2D eigenvalue weighted by Gasteiger charge is -2.03. The third-order valence-corrected chi connectivity index (χ3v) is 3.16. The predicted octanol–water partition coefficient (Wildman–Crippen LogP) is 5.96. The topological polar surface area (TPSA) is 52.6 Å². The van der Waals surface area contributed by atoms with Crippen LogP contribution in [0.1, 0.15) is 0 Å². The van der Waals surface area contributed by atoms with Crippen molar-refractivity contribution in [1.82, 2.24) is 0 Å². The minimum Gasteiger partial charge on any atom is -0.457 e. The molecule has 0 radical (unpaired) electrons. The van der Waals surface area contributed by atoms with Crippen LogP contribution in [0.15, 0.2) is 221 Å². The second kappa shape index (κ2) is 30.7. The number of carbonyl (C=O) groups is 2. The second-order valence-electron chi connectivity index (χ2n) is 6.20. The van der Waals surface area contributed by atoms with Gasteiger partial charge in [0, 0.05) is 80.2 Å². The Hall–Kier alpha value is -8.88. The summed E-state index contributed by atoms with van der Waals surface area (Å²) in [7, 11) is 0. The van der Waals surface area contributed by atoms with Crippen LogP contribution in [-0.2, 0) is 19.1 Å². The Morgan fingerprint density at radius 2 is 0.609 bits per heavy atom. The van der Waals surface area contributed by atoms with Crippen molar-refractivity contribution in [1.29, 1.82) is 0 Å². The van der Waals surface area contributed by atoms with Gasteiger partial charge in [-0.25, -0.2) is 9.59 Å². The minimum absolute atomic E-state index is 0.101. The van der Waals surface area contributed by atoms with E-state index in [-0.39, 0.29) is 13.2 Å². The maximum absolute atomic E-state index is 11.9. The summed E-state index contributed by atoms with van der Waals surface area (Å²) in [6.07, 6.45) is 2.68. The van der Waals surface area contributed by atoms with E-state index >= 15 is 0 Å². The lowest BCUT2D eigenvalue weighted by Crippen LogP contribution is -2.17. The Bertz CT molecular complexity index is 2560. The highest BCUT2D eigenvalue weighted by molar-refractivity contribution is 6.13. The predicted molar refractivity (Wildman–Crippen MR) is 164 cm³/mol. The zero-order chi connectivity index (χ0) is 33.6. The number of carbonyl (C=O) groups excluding carboxylic acids is 2. The van der Waals surface area contributed by atoms with Crippen LogP contribution in [0.2, 0.25) is 0 Å². The molecule has 0 aliphatic rings. The molecule has 0 amide bonds. The number of hydrogen-bond acceptors (Lipinski definition) is 4. The van der Waals surface area contributed by atoms with E-state index in [1.807, 2.05) is 0 Å². The average Bonchev–Trinajstić information content (AvgIpc) is 3.06. The lowest BCUT2D eigenvalue weighted by molar-refractivity contribution is -0.145. The fourth-order valence-corrected chi connectivity index (χ4v) is 1.61. The molecule has 4 nitrogen and oxygen atoms in total. The Morgan fingerprint density at radius 3 is 0.826 bits per heavy atom. The maximum Gasteiger partial charge on any atom is 0.354 e. The number of rotatable bonds is 6. The summed E-state index contributed by atoms with van der Waals surface area (Å²) in [4.78, 5) is 23.8. The zero-order valence-electron chi connectivity index (χ0n) is 23.8. The van der Waals surface area contributed by atoms with Crippen LogP contribution < -0.4 is 0 Å². The van der Waals surface area contributed by atoms with Crippen LogP contribution in [0.5, 0.6) is 0 Å². The molecular weight excluding hydrogens is 568 g/mol. The quantitative estimate of drug-likeness (QED) is 0.0972. The zero-order valence-corrected chi connectivity index (χ0v) is 23.8. The molecule has 0 aliphatic heterocycles. The van der Waals surface area contributed by atoms with E-state index in [2.05, 4.69) is 203 Å². The molecule has 0 unspecified atom stereocenters. The van der Waals surface area contributed by atoms with E-state index < -0.39 is 17.5 Å². The largest absolute Gasteiger partial charge is 0.457 e. The molecule has 0 rings (SSSR count). The summed E-state index contributed by atoms with van der Waals surface area (Å²) in [6.45, 7) is 9.93. The fourth-order valence-electron chi connectivity index (χ4n) is 1.61. The van der Waals surface area contributed by atoms with Gasteiger partial charge in [0.1, 0.15) is 13.2 Å². The van der Waals surface area contributed by atoms with Crippen LogP contribution in [-0.4, -0.2) is 25.2 Å². The van der Waals surface area contributed by atoms with Gasteiger partial charge in [-0.05, 0) is 104 Å². The van der Waals surface area contributed by atoms with Crippen LogP contribution in [0.25, 0.3) is 0 Å². The third kappa shape index (κ3) is 25.4. The van der Waals surface area contributed by atoms with Crippen LogP contribution in [0, 0.1) is 0 Å². The van der Waals surface area contributed by atoms with Gasteiger partial charge in [-0.1, -0.05) is 31.0 Å². The monoisotopic (exact) mass is 580 g/mol. The van der Waals surface area contributed by atoms with Gasteiger partial charge in [0.05, 0.1) is 0 Å². The standard InChI is InChI=1S/C42H12O4/c1-4-7-8-9-10-11-12-13-14-15-16-17-18-19-20-21-22-23-24-25-26-27-28-29-30-31-32-33-34-35-36-37-40(41(43)45-38-5-2)42(44)46-39-6-3/h5-6H,1-3,38-39H2. The summed E-state index contributed by atoms with van der Waals surface area (Å²) in [6, 6.07) is 0. The Kier molecular flexibility index (Phi) is 24.7. The van der Waals surface area contributed by atoms with Gasteiger partial charge >= 0.3 is 11.9 Å². The molecule has 0 saturated heterocycles. The number of hydrogen-bond donors (Lipinski definition) is 0. The van der Waals surface area contributed by atoms with Gasteiger partial charge in [0.15, 0.2) is 5.57 Å². The minimum atomic E-state index is -0.964. The molecule has 0 atom stereocenters. The molecule has 0 aromatic heterocycles. The van der Waals surface area contributed by atoms with Gasteiger partial charge in [-0.2, -0.15) is 0 Å². The highest BCUT2D eigenvalue weighted by Crippen LogP contribution is 2.00. The van der Waals surface area contributed by atoms with Gasteiger partial charge < -0.3 is 9.47 Å². The SMILES string of the molecule is C=C=C=C=C=C=C=C=C=C=C=C=C=C=C=C=C=C=C=C=C=C=C=C=C=C=C=C=C=C=C=C=C=C(C(=O)OCC=C)C(=O)OCC=C. The van der Waals surface area contributed by atoms with Gasteiger partial charge in [0.2, 0.25) is 0 Å². The van der Waals surface area contributed by atoms with Gasteiger partial charge in [0.25, 0.3) is 0 Å². The second-order valence-corrected chi connectivity index (χ2v) is 6.20. The summed E-state index contributed by atoms with van der Waals surface area (Å²) in [5.74, 6) is -1.93. The average molecular weight is 581 g/mol. The molecule has 0 bridgehead atoms. The molecule has 0 N–H and O–H groups in total. The molecular formula is C42H12O4. The molecule has 4 heteroatoms. The normalized spacial score (nSPS) is 5.39. The Balaban J connectivity index is 6.20. The summed E-state index contributed by atoms with van der Waals surface area (Å²) in [5, 5.41) is 0. The smallest absolute Gasteiger partial charge is 0.354 e. The fraction of sp³-hybridized carbons (Fsp3) is 0.0476. The first-order valence-corrected chi connectivity index (χ1v) is 11.9. The Morgan fingerprint density at radius 1 is 0.391 bits per heavy atom. The lowest BCUT2D eigenvalue weighted by atomic mass is 10.3. The maximum atomic E-state index is 11.9. The molecule has 0 spiro atoms. The van der Waals surface area contributed by atoms with Crippen molar-refractivity contribution in [2.75, 3.05) is 13.2 Å². The van der Waals surface area contributed by atoms with E-state index in [1.165, 1.54) is 12.2 Å². The van der Waals surface area contributed by atoms with E-state index in [0.717, 1.165) is 0 Å². The van der Waals surface area contributed by atoms with E-state index in [0.29, 0.717) is 0 Å². The Labute approximate surface area is 264 Å². The van der Waals surface area contributed by atoms with Gasteiger partial charge in [-0.15, -0.1) is 0 Å². The highest BCUT2D eigenvalue weighted by atomic mass is 16.6. The number of ether oxygens (including phenoxy) is 2. The first kappa shape index (κ1) is 37.1. The highest BCUT2D eigenvalue weighted by Gasteiger charge is 2.20. The van der Waals surface area contributed by atoms with Crippen molar-refractivity contribution >= 4 is 11.9 Å². The van der Waals surface area contributed by atoms with Crippen LogP contribution in [0.3, 0.4) is 0 Å². The van der Waals surface area contributed by atoms with Crippen molar-refractivity contribution < 1.29 is 19.1 Å². The summed E-state index contributed by atoms with van der Waals surface area (Å²) >= 11 is 0. The van der Waals surface area contributed by atoms with Gasteiger partial charge in [-0.3, -0.25) is 0 Å². The van der Waals surface area contributed by atoms with Crippen molar-refractivity contribution in [3.63, 3.8) is 0 Å². The molecule has 46 heavy (non-hydrogen) atoms. The van der Waals surface area contributed by atoms with Crippen molar-refractivity contribution in [2.45, 2.75) is 0 Å². The first-order chi connectivity index (χ1) is 22.7. The van der Waals surface area contributed by atoms with Crippen LogP contribution in [0.4, 0.5) is 0 Å². The molecule has 204 valence electrons. The van der Waals surface area contributed by atoms with E-state index in [4.69, 9.17) is 9.47 Å². The molecule has 0 saturated carbocycles.